The highest BCUT2D eigenvalue weighted by Crippen LogP contribution is 2.11. The molecule has 0 aliphatic carbocycles. The monoisotopic (exact) mass is 287 g/mol. The van der Waals surface area contributed by atoms with E-state index in [-0.39, 0.29) is 11.7 Å². The second-order valence-electron chi connectivity index (χ2n) is 4.75. The van der Waals surface area contributed by atoms with E-state index in [1.807, 2.05) is 13.8 Å². The number of aliphatic hydroxyl groups excluding tert-OH is 1. The average Bonchev–Trinajstić information content (AvgIpc) is 2.43. The highest BCUT2D eigenvalue weighted by atomic mass is 19.3. The van der Waals surface area contributed by atoms with Gasteiger partial charge in [-0.05, 0) is 31.5 Å². The SMILES string of the molecule is CC(C)OCc1ccc(C(=O)NCC(F)(F)CO)cc1. The van der Waals surface area contributed by atoms with Crippen molar-refractivity contribution in [3.05, 3.63) is 35.4 Å². The number of hydrogen-bond donors (Lipinski definition) is 2. The van der Waals surface area contributed by atoms with Gasteiger partial charge in [-0.2, -0.15) is 0 Å². The number of carbonyl (C=O) groups excluding carboxylic acids is 1. The Morgan fingerprint density at radius 2 is 1.95 bits per heavy atom. The first-order valence-electron chi connectivity index (χ1n) is 6.31. The average molecular weight is 287 g/mol. The van der Waals surface area contributed by atoms with E-state index in [0.717, 1.165) is 5.56 Å². The molecule has 0 saturated heterocycles. The lowest BCUT2D eigenvalue weighted by Crippen LogP contribution is -2.38. The molecule has 0 bridgehead atoms. The maximum absolute atomic E-state index is 12.8. The molecule has 0 aromatic heterocycles. The summed E-state index contributed by atoms with van der Waals surface area (Å²) in [6.07, 6.45) is 0.110. The van der Waals surface area contributed by atoms with E-state index in [2.05, 4.69) is 5.32 Å². The quantitative estimate of drug-likeness (QED) is 0.806. The van der Waals surface area contributed by atoms with Gasteiger partial charge in [-0.25, -0.2) is 8.78 Å². The summed E-state index contributed by atoms with van der Waals surface area (Å²) < 4.78 is 31.0. The predicted molar refractivity (Wildman–Crippen MR) is 70.7 cm³/mol. The summed E-state index contributed by atoms with van der Waals surface area (Å²) in [7, 11) is 0. The van der Waals surface area contributed by atoms with E-state index in [4.69, 9.17) is 9.84 Å². The minimum atomic E-state index is -3.30. The second kappa shape index (κ2) is 7.31. The van der Waals surface area contributed by atoms with Crippen molar-refractivity contribution >= 4 is 5.91 Å². The number of halogens is 2. The van der Waals surface area contributed by atoms with Crippen LogP contribution >= 0.6 is 0 Å². The highest BCUT2D eigenvalue weighted by molar-refractivity contribution is 5.94. The highest BCUT2D eigenvalue weighted by Gasteiger charge is 2.28. The molecule has 0 spiro atoms. The number of nitrogens with one attached hydrogen (secondary N) is 1. The Balaban J connectivity index is 2.53. The molecule has 4 nitrogen and oxygen atoms in total. The smallest absolute Gasteiger partial charge is 0.287 e. The van der Waals surface area contributed by atoms with Crippen molar-refractivity contribution in [3.63, 3.8) is 0 Å². The van der Waals surface area contributed by atoms with E-state index in [1.54, 1.807) is 24.3 Å². The molecule has 0 atom stereocenters. The van der Waals surface area contributed by atoms with Gasteiger partial charge in [0.05, 0.1) is 19.3 Å². The van der Waals surface area contributed by atoms with Gasteiger partial charge in [0.1, 0.15) is 6.61 Å². The molecular formula is C14H19F2NO3. The van der Waals surface area contributed by atoms with E-state index in [0.29, 0.717) is 6.61 Å². The maximum atomic E-state index is 12.8. The van der Waals surface area contributed by atoms with Crippen molar-refractivity contribution in [3.8, 4) is 0 Å². The van der Waals surface area contributed by atoms with Gasteiger partial charge in [0.25, 0.3) is 11.8 Å². The Bertz CT molecular complexity index is 433. The van der Waals surface area contributed by atoms with Crippen molar-refractivity contribution in [2.24, 2.45) is 0 Å². The lowest BCUT2D eigenvalue weighted by Gasteiger charge is -2.14. The van der Waals surface area contributed by atoms with Crippen LogP contribution < -0.4 is 5.32 Å². The minimum Gasteiger partial charge on any atom is -0.390 e. The van der Waals surface area contributed by atoms with Crippen LogP contribution in [0, 0.1) is 0 Å². The normalized spacial score (nSPS) is 11.7. The van der Waals surface area contributed by atoms with Crippen LogP contribution in [0.5, 0.6) is 0 Å². The van der Waals surface area contributed by atoms with Crippen molar-refractivity contribution in [1.29, 1.82) is 0 Å². The van der Waals surface area contributed by atoms with E-state index >= 15 is 0 Å². The zero-order chi connectivity index (χ0) is 15.2. The molecule has 6 heteroatoms. The van der Waals surface area contributed by atoms with Crippen LogP contribution in [0.3, 0.4) is 0 Å². The van der Waals surface area contributed by atoms with Gasteiger partial charge in [-0.3, -0.25) is 4.79 Å². The largest absolute Gasteiger partial charge is 0.390 e. The summed E-state index contributed by atoms with van der Waals surface area (Å²) >= 11 is 0. The van der Waals surface area contributed by atoms with E-state index in [9.17, 15) is 13.6 Å². The fourth-order valence-electron chi connectivity index (χ4n) is 1.38. The third kappa shape index (κ3) is 5.63. The number of rotatable bonds is 7. The molecule has 0 saturated carbocycles. The number of carbonyl (C=O) groups is 1. The third-order valence-electron chi connectivity index (χ3n) is 2.54. The molecule has 1 rings (SSSR count). The second-order valence-corrected chi connectivity index (χ2v) is 4.75. The Morgan fingerprint density at radius 3 is 2.45 bits per heavy atom. The number of benzene rings is 1. The lowest BCUT2D eigenvalue weighted by molar-refractivity contribution is -0.0462. The summed E-state index contributed by atoms with van der Waals surface area (Å²) in [4.78, 5) is 11.6. The van der Waals surface area contributed by atoms with Gasteiger partial charge in [-0.15, -0.1) is 0 Å². The van der Waals surface area contributed by atoms with E-state index < -0.39 is 25.0 Å². The Morgan fingerprint density at radius 1 is 1.35 bits per heavy atom. The summed E-state index contributed by atoms with van der Waals surface area (Å²) in [6.45, 7) is 2.09. The van der Waals surface area contributed by atoms with E-state index in [1.165, 1.54) is 0 Å². The van der Waals surface area contributed by atoms with Gasteiger partial charge in [0.2, 0.25) is 0 Å². The molecule has 0 fully saturated rings. The van der Waals surface area contributed by atoms with Crippen molar-refractivity contribution in [1.82, 2.24) is 5.32 Å². The van der Waals surface area contributed by atoms with Crippen LogP contribution in [0.2, 0.25) is 0 Å². The minimum absolute atomic E-state index is 0.110. The van der Waals surface area contributed by atoms with Crippen LogP contribution in [0.1, 0.15) is 29.8 Å². The van der Waals surface area contributed by atoms with Crippen LogP contribution in [-0.2, 0) is 11.3 Å². The fourth-order valence-corrected chi connectivity index (χ4v) is 1.38. The predicted octanol–water partition coefficient (Wildman–Crippen LogP) is 1.97. The standard InChI is InChI=1S/C14H19F2NO3/c1-10(2)20-7-11-3-5-12(6-4-11)13(19)17-8-14(15,16)9-18/h3-6,10,18H,7-9H2,1-2H3,(H,17,19). The zero-order valence-electron chi connectivity index (χ0n) is 11.5. The molecule has 0 heterocycles. The summed E-state index contributed by atoms with van der Waals surface area (Å²) in [5, 5.41) is 10.5. The molecule has 1 aromatic carbocycles. The van der Waals surface area contributed by atoms with Crippen LogP contribution in [0.15, 0.2) is 24.3 Å². The molecule has 1 amide bonds. The Hall–Kier alpha value is -1.53. The third-order valence-corrected chi connectivity index (χ3v) is 2.54. The first kappa shape index (κ1) is 16.5. The number of amides is 1. The number of ether oxygens (including phenoxy) is 1. The van der Waals surface area contributed by atoms with Gasteiger partial charge in [0, 0.05) is 5.56 Å². The fraction of sp³-hybridized carbons (Fsp3) is 0.500. The Kier molecular flexibility index (Phi) is 6.04. The van der Waals surface area contributed by atoms with Crippen molar-refractivity contribution in [2.75, 3.05) is 13.2 Å². The molecule has 0 unspecified atom stereocenters. The first-order valence-corrected chi connectivity index (χ1v) is 6.31. The summed E-state index contributed by atoms with van der Waals surface area (Å²) in [5.74, 6) is -3.91. The molecule has 20 heavy (non-hydrogen) atoms. The molecule has 112 valence electrons. The number of hydrogen-bond acceptors (Lipinski definition) is 3. The Labute approximate surface area is 116 Å². The molecule has 0 aliphatic rings. The lowest BCUT2D eigenvalue weighted by atomic mass is 10.1. The number of aliphatic hydroxyl groups is 1. The van der Waals surface area contributed by atoms with Crippen LogP contribution in [0.25, 0.3) is 0 Å². The molecule has 2 N–H and O–H groups in total. The van der Waals surface area contributed by atoms with Crippen LogP contribution in [-0.4, -0.2) is 36.2 Å². The summed E-state index contributed by atoms with van der Waals surface area (Å²) in [6, 6.07) is 6.51. The van der Waals surface area contributed by atoms with Crippen molar-refractivity contribution in [2.45, 2.75) is 32.5 Å². The summed E-state index contributed by atoms with van der Waals surface area (Å²) in [5.41, 5.74) is 1.18. The van der Waals surface area contributed by atoms with Gasteiger partial charge in [-0.1, -0.05) is 12.1 Å². The molecule has 1 aromatic rings. The molecular weight excluding hydrogens is 268 g/mol. The zero-order valence-corrected chi connectivity index (χ0v) is 11.5. The van der Waals surface area contributed by atoms with Gasteiger partial charge in [0.15, 0.2) is 0 Å². The van der Waals surface area contributed by atoms with Gasteiger partial charge >= 0.3 is 0 Å². The maximum Gasteiger partial charge on any atom is 0.287 e. The van der Waals surface area contributed by atoms with Gasteiger partial charge < -0.3 is 15.2 Å². The first-order chi connectivity index (χ1) is 9.34. The molecule has 0 radical (unpaired) electrons. The molecule has 0 aliphatic heterocycles. The van der Waals surface area contributed by atoms with Crippen molar-refractivity contribution < 1.29 is 23.4 Å². The number of alkyl halides is 2. The van der Waals surface area contributed by atoms with Crippen LogP contribution in [0.4, 0.5) is 8.78 Å². The topological polar surface area (TPSA) is 58.6 Å².